The molecule has 1 unspecified atom stereocenters. The van der Waals surface area contributed by atoms with E-state index in [0.29, 0.717) is 30.0 Å². The molecule has 0 spiro atoms. The van der Waals surface area contributed by atoms with E-state index in [4.69, 9.17) is 4.74 Å². The minimum Gasteiger partial charge on any atom is -0.618 e. The number of hydrogen-bond acceptors (Lipinski definition) is 3. The van der Waals surface area contributed by atoms with E-state index in [0.717, 1.165) is 23.1 Å². The van der Waals surface area contributed by atoms with Gasteiger partial charge in [-0.15, -0.1) is 0 Å². The second-order valence-electron chi connectivity index (χ2n) is 7.48. The molecule has 1 N–H and O–H groups in total. The average Bonchev–Trinajstić information content (AvgIpc) is 2.63. The maximum Gasteiger partial charge on any atom is 0.229 e. The Morgan fingerprint density at radius 1 is 1.25 bits per heavy atom. The molecule has 0 amide bonds. The zero-order valence-electron chi connectivity index (χ0n) is 14.6. The van der Waals surface area contributed by atoms with Crippen molar-refractivity contribution in [2.45, 2.75) is 45.6 Å². The minimum atomic E-state index is -1.37. The third-order valence-electron chi connectivity index (χ3n) is 4.63. The van der Waals surface area contributed by atoms with Gasteiger partial charge >= 0.3 is 0 Å². The van der Waals surface area contributed by atoms with Crippen molar-refractivity contribution in [1.29, 1.82) is 0 Å². The third-order valence-corrected chi connectivity index (χ3v) is 4.63. The fourth-order valence-electron chi connectivity index (χ4n) is 3.56. The SMILES string of the molecule is CCCc1ccc2c(c1)C(O)(c1cccc[n+]1[O-])CC(C)(C)CO2. The number of fused-ring (bicyclic) bond motifs is 1. The van der Waals surface area contributed by atoms with Crippen LogP contribution in [-0.4, -0.2) is 11.7 Å². The van der Waals surface area contributed by atoms with Crippen molar-refractivity contribution in [2.75, 3.05) is 6.61 Å². The van der Waals surface area contributed by atoms with Crippen LogP contribution >= 0.6 is 0 Å². The molecule has 128 valence electrons. The third kappa shape index (κ3) is 2.98. The standard InChI is InChI=1S/C20H25NO3/c1-4-7-15-9-10-17-16(12-15)20(22,13-19(2,3)14-24-17)18-8-5-6-11-21(18)23/h5-6,8-12,22H,4,7,13-14H2,1-3H3. The summed E-state index contributed by atoms with van der Waals surface area (Å²) in [7, 11) is 0. The first-order valence-electron chi connectivity index (χ1n) is 8.53. The fourth-order valence-corrected chi connectivity index (χ4v) is 3.56. The van der Waals surface area contributed by atoms with Crippen LogP contribution < -0.4 is 9.47 Å². The quantitative estimate of drug-likeness (QED) is 0.695. The van der Waals surface area contributed by atoms with Crippen molar-refractivity contribution in [3.05, 3.63) is 64.6 Å². The smallest absolute Gasteiger partial charge is 0.229 e. The van der Waals surface area contributed by atoms with E-state index in [1.54, 1.807) is 18.2 Å². The van der Waals surface area contributed by atoms with Gasteiger partial charge in [-0.2, -0.15) is 4.73 Å². The van der Waals surface area contributed by atoms with E-state index in [-0.39, 0.29) is 5.41 Å². The van der Waals surface area contributed by atoms with Gasteiger partial charge in [-0.25, -0.2) is 0 Å². The molecule has 0 radical (unpaired) electrons. The van der Waals surface area contributed by atoms with E-state index < -0.39 is 5.60 Å². The van der Waals surface area contributed by atoms with Crippen LogP contribution in [0.4, 0.5) is 0 Å². The number of nitrogens with zero attached hydrogens (tertiary/aromatic N) is 1. The second kappa shape index (κ2) is 6.10. The first kappa shape index (κ1) is 16.8. The lowest BCUT2D eigenvalue weighted by molar-refractivity contribution is -0.622. The highest BCUT2D eigenvalue weighted by Gasteiger charge is 2.47. The highest BCUT2D eigenvalue weighted by atomic mass is 16.5. The Kier molecular flexibility index (Phi) is 4.26. The molecule has 1 aliphatic rings. The van der Waals surface area contributed by atoms with Gasteiger partial charge < -0.3 is 15.1 Å². The van der Waals surface area contributed by atoms with Crippen LogP contribution in [0.1, 0.15) is 50.4 Å². The Morgan fingerprint density at radius 3 is 2.75 bits per heavy atom. The topological polar surface area (TPSA) is 56.4 Å². The molecule has 1 atom stereocenters. The zero-order chi connectivity index (χ0) is 17.4. The number of ether oxygens (including phenoxy) is 1. The lowest BCUT2D eigenvalue weighted by Crippen LogP contribution is -2.44. The van der Waals surface area contributed by atoms with Crippen molar-refractivity contribution in [2.24, 2.45) is 5.41 Å². The van der Waals surface area contributed by atoms with E-state index in [2.05, 4.69) is 20.8 Å². The fraction of sp³-hybridized carbons (Fsp3) is 0.450. The molecule has 2 heterocycles. The largest absolute Gasteiger partial charge is 0.618 e. The van der Waals surface area contributed by atoms with Gasteiger partial charge in [0.2, 0.25) is 5.69 Å². The van der Waals surface area contributed by atoms with Crippen LogP contribution in [0.25, 0.3) is 0 Å². The van der Waals surface area contributed by atoms with Gasteiger partial charge in [0, 0.05) is 23.1 Å². The first-order valence-corrected chi connectivity index (χ1v) is 8.53. The van der Waals surface area contributed by atoms with Crippen molar-refractivity contribution >= 4 is 0 Å². The van der Waals surface area contributed by atoms with Crippen molar-refractivity contribution < 1.29 is 14.6 Å². The van der Waals surface area contributed by atoms with Gasteiger partial charge in [0.15, 0.2) is 11.8 Å². The molecule has 2 aromatic rings. The van der Waals surface area contributed by atoms with E-state index in [1.807, 2.05) is 18.2 Å². The summed E-state index contributed by atoms with van der Waals surface area (Å²) in [5.41, 5.74) is 0.545. The lowest BCUT2D eigenvalue weighted by atomic mass is 9.75. The van der Waals surface area contributed by atoms with Gasteiger partial charge in [0.25, 0.3) is 0 Å². The molecule has 0 fully saturated rings. The molecule has 0 aliphatic carbocycles. The molecule has 0 bridgehead atoms. The van der Waals surface area contributed by atoms with Gasteiger partial charge in [-0.3, -0.25) is 0 Å². The van der Waals surface area contributed by atoms with Gasteiger partial charge in [0.05, 0.1) is 6.61 Å². The molecular weight excluding hydrogens is 302 g/mol. The second-order valence-corrected chi connectivity index (χ2v) is 7.48. The highest BCUT2D eigenvalue weighted by Crippen LogP contribution is 2.46. The number of aryl methyl sites for hydroxylation is 1. The van der Waals surface area contributed by atoms with E-state index in [1.165, 1.54) is 6.20 Å². The Labute approximate surface area is 143 Å². The summed E-state index contributed by atoms with van der Waals surface area (Å²) < 4.78 is 6.74. The van der Waals surface area contributed by atoms with Crippen LogP contribution in [-0.2, 0) is 12.0 Å². The number of rotatable bonds is 3. The molecular formula is C20H25NO3. The summed E-state index contributed by atoms with van der Waals surface area (Å²) in [6.07, 6.45) is 3.81. The van der Waals surface area contributed by atoms with Crippen molar-refractivity contribution in [3.63, 3.8) is 0 Å². The number of aliphatic hydroxyl groups is 1. The van der Waals surface area contributed by atoms with Crippen LogP contribution in [0.5, 0.6) is 5.75 Å². The molecule has 1 aliphatic heterocycles. The van der Waals surface area contributed by atoms with Gasteiger partial charge in [0.1, 0.15) is 5.75 Å². The van der Waals surface area contributed by atoms with E-state index >= 15 is 0 Å². The summed E-state index contributed by atoms with van der Waals surface area (Å²) >= 11 is 0. The monoisotopic (exact) mass is 327 g/mol. The predicted octanol–water partition coefficient (Wildman–Crippen LogP) is 3.32. The Morgan fingerprint density at radius 2 is 2.04 bits per heavy atom. The Balaban J connectivity index is 2.22. The van der Waals surface area contributed by atoms with Crippen LogP contribution in [0.2, 0.25) is 0 Å². The maximum absolute atomic E-state index is 12.4. The minimum absolute atomic E-state index is 0.262. The molecule has 1 aromatic heterocycles. The lowest BCUT2D eigenvalue weighted by Gasteiger charge is -2.31. The predicted molar refractivity (Wildman–Crippen MR) is 92.7 cm³/mol. The first-order chi connectivity index (χ1) is 11.4. The molecule has 1 aromatic carbocycles. The summed E-state index contributed by atoms with van der Waals surface area (Å²) in [4.78, 5) is 0. The normalized spacial score (nSPS) is 22.3. The van der Waals surface area contributed by atoms with E-state index in [9.17, 15) is 10.3 Å². The van der Waals surface area contributed by atoms with Crippen LogP contribution in [0.15, 0.2) is 42.6 Å². The Bertz CT molecular complexity index is 741. The average molecular weight is 327 g/mol. The van der Waals surface area contributed by atoms with Gasteiger partial charge in [-0.1, -0.05) is 33.3 Å². The summed E-state index contributed by atoms with van der Waals surface area (Å²) in [5, 5.41) is 24.1. The molecule has 0 saturated heterocycles. The van der Waals surface area contributed by atoms with Crippen LogP contribution in [0, 0.1) is 10.6 Å². The molecule has 4 heteroatoms. The van der Waals surface area contributed by atoms with Crippen molar-refractivity contribution in [1.82, 2.24) is 0 Å². The number of aromatic nitrogens is 1. The number of pyridine rings is 1. The zero-order valence-corrected chi connectivity index (χ0v) is 14.6. The number of hydrogen-bond donors (Lipinski definition) is 1. The molecule has 3 rings (SSSR count). The highest BCUT2D eigenvalue weighted by molar-refractivity contribution is 5.46. The number of benzene rings is 1. The summed E-state index contributed by atoms with van der Waals surface area (Å²) in [5.74, 6) is 0.659. The van der Waals surface area contributed by atoms with Crippen molar-refractivity contribution in [3.8, 4) is 5.75 Å². The Hall–Kier alpha value is -2.07. The van der Waals surface area contributed by atoms with Gasteiger partial charge in [-0.05, 0) is 36.6 Å². The maximum atomic E-state index is 12.4. The summed E-state index contributed by atoms with van der Waals surface area (Å²) in [6.45, 7) is 6.73. The molecule has 4 nitrogen and oxygen atoms in total. The molecule has 24 heavy (non-hydrogen) atoms. The molecule has 0 saturated carbocycles. The van der Waals surface area contributed by atoms with Crippen LogP contribution in [0.3, 0.4) is 0 Å². The summed E-state index contributed by atoms with van der Waals surface area (Å²) in [6, 6.07) is 11.1.